The first-order valence-corrected chi connectivity index (χ1v) is 5.66. The van der Waals surface area contributed by atoms with E-state index in [0.717, 1.165) is 24.3 Å². The summed E-state index contributed by atoms with van der Waals surface area (Å²) in [6.07, 6.45) is -4.56. The van der Waals surface area contributed by atoms with Gasteiger partial charge in [0, 0.05) is 0 Å². The Bertz CT molecular complexity index is 680. The summed E-state index contributed by atoms with van der Waals surface area (Å²) in [4.78, 5) is 11.0. The molecule has 0 amide bonds. The van der Waals surface area contributed by atoms with Gasteiger partial charge in [-0.3, -0.25) is 0 Å². The minimum atomic E-state index is -4.56. The van der Waals surface area contributed by atoms with Crippen LogP contribution in [0.3, 0.4) is 0 Å². The van der Waals surface area contributed by atoms with Gasteiger partial charge in [0.05, 0.1) is 5.56 Å². The second kappa shape index (κ2) is 5.43. The van der Waals surface area contributed by atoms with Gasteiger partial charge in [-0.1, -0.05) is 12.1 Å². The van der Waals surface area contributed by atoms with Crippen LogP contribution in [0.1, 0.15) is 15.9 Å². The van der Waals surface area contributed by atoms with E-state index in [2.05, 4.69) is 0 Å². The number of ether oxygens (including phenoxy) is 1. The van der Waals surface area contributed by atoms with Gasteiger partial charge in [0.25, 0.3) is 0 Å². The highest BCUT2D eigenvalue weighted by Crippen LogP contribution is 2.33. The van der Waals surface area contributed by atoms with Crippen molar-refractivity contribution in [3.8, 4) is 11.5 Å². The van der Waals surface area contributed by atoms with Crippen molar-refractivity contribution in [2.24, 2.45) is 0 Å². The van der Waals surface area contributed by atoms with Crippen LogP contribution in [0.15, 0.2) is 42.5 Å². The summed E-state index contributed by atoms with van der Waals surface area (Å²) in [5, 5.41) is 8.91. The maximum Gasteiger partial charge on any atom is 0.416 e. The Morgan fingerprint density at radius 3 is 2.38 bits per heavy atom. The Kier molecular flexibility index (Phi) is 3.84. The molecule has 2 aromatic rings. The highest BCUT2D eigenvalue weighted by molar-refractivity contribution is 5.91. The number of alkyl halides is 3. The second-order valence-corrected chi connectivity index (χ2v) is 4.05. The largest absolute Gasteiger partial charge is 0.477 e. The van der Waals surface area contributed by atoms with Gasteiger partial charge in [0.1, 0.15) is 22.9 Å². The third-order valence-corrected chi connectivity index (χ3v) is 2.58. The molecule has 1 N–H and O–H groups in total. The Hall–Kier alpha value is -2.57. The number of hydrogen-bond donors (Lipinski definition) is 1. The summed E-state index contributed by atoms with van der Waals surface area (Å²) in [7, 11) is 0. The Morgan fingerprint density at radius 1 is 1.10 bits per heavy atom. The maximum atomic E-state index is 13.4. The molecule has 0 aliphatic rings. The highest BCUT2D eigenvalue weighted by Gasteiger charge is 2.30. The number of hydrogen-bond acceptors (Lipinski definition) is 2. The molecule has 2 rings (SSSR count). The van der Waals surface area contributed by atoms with E-state index in [1.165, 1.54) is 12.1 Å². The third kappa shape index (κ3) is 3.31. The predicted molar refractivity (Wildman–Crippen MR) is 64.9 cm³/mol. The molecule has 0 radical (unpaired) electrons. The Morgan fingerprint density at radius 2 is 1.76 bits per heavy atom. The summed E-state index contributed by atoms with van der Waals surface area (Å²) in [5.74, 6) is -3.22. The molecule has 0 fully saturated rings. The molecule has 3 nitrogen and oxygen atoms in total. The Balaban J connectivity index is 2.40. The number of carbonyl (C=O) groups is 1. The summed E-state index contributed by atoms with van der Waals surface area (Å²) >= 11 is 0. The molecular weight excluding hydrogens is 292 g/mol. The van der Waals surface area contributed by atoms with Crippen LogP contribution in [0.5, 0.6) is 11.5 Å². The van der Waals surface area contributed by atoms with Crippen molar-refractivity contribution < 1.29 is 32.2 Å². The van der Waals surface area contributed by atoms with Crippen molar-refractivity contribution in [3.63, 3.8) is 0 Å². The van der Waals surface area contributed by atoms with E-state index in [-0.39, 0.29) is 11.5 Å². The van der Waals surface area contributed by atoms with E-state index in [4.69, 9.17) is 9.84 Å². The first-order chi connectivity index (χ1) is 9.79. The Labute approximate surface area is 116 Å². The summed E-state index contributed by atoms with van der Waals surface area (Å²) in [5.41, 5.74) is -1.69. The third-order valence-electron chi connectivity index (χ3n) is 2.58. The quantitative estimate of drug-likeness (QED) is 0.858. The number of halogens is 4. The molecule has 0 aromatic heterocycles. The number of benzene rings is 2. The van der Waals surface area contributed by atoms with Crippen molar-refractivity contribution in [2.75, 3.05) is 0 Å². The van der Waals surface area contributed by atoms with E-state index < -0.39 is 29.1 Å². The van der Waals surface area contributed by atoms with Gasteiger partial charge < -0.3 is 9.84 Å². The number of carboxylic acid groups (broad SMARTS) is 1. The molecule has 0 heterocycles. The smallest absolute Gasteiger partial charge is 0.416 e. The maximum absolute atomic E-state index is 13.4. The topological polar surface area (TPSA) is 46.5 Å². The van der Waals surface area contributed by atoms with E-state index in [1.807, 2.05) is 0 Å². The average molecular weight is 300 g/mol. The highest BCUT2D eigenvalue weighted by atomic mass is 19.4. The van der Waals surface area contributed by atoms with Crippen molar-refractivity contribution in [1.29, 1.82) is 0 Å². The lowest BCUT2D eigenvalue weighted by atomic mass is 10.2. The van der Waals surface area contributed by atoms with Crippen LogP contribution in [-0.4, -0.2) is 11.1 Å². The van der Waals surface area contributed by atoms with Crippen LogP contribution >= 0.6 is 0 Å². The fourth-order valence-electron chi connectivity index (χ4n) is 1.66. The van der Waals surface area contributed by atoms with E-state index >= 15 is 0 Å². The molecule has 0 saturated carbocycles. The standard InChI is InChI=1S/C14H8F4O3/c15-10-5-2-6-11(12(10)13(19)20)21-9-4-1-3-8(7-9)14(16,17)18/h1-7H,(H,19,20). The van der Waals surface area contributed by atoms with Crippen LogP contribution in [0.2, 0.25) is 0 Å². The minimum Gasteiger partial charge on any atom is -0.477 e. The fraction of sp³-hybridized carbons (Fsp3) is 0.0714. The molecule has 2 aromatic carbocycles. The van der Waals surface area contributed by atoms with Gasteiger partial charge in [-0.15, -0.1) is 0 Å². The van der Waals surface area contributed by atoms with Crippen molar-refractivity contribution >= 4 is 5.97 Å². The van der Waals surface area contributed by atoms with Gasteiger partial charge in [0.2, 0.25) is 0 Å². The molecule has 110 valence electrons. The predicted octanol–water partition coefficient (Wildman–Crippen LogP) is 4.34. The van der Waals surface area contributed by atoms with Gasteiger partial charge in [0.15, 0.2) is 0 Å². The minimum absolute atomic E-state index is 0.238. The molecule has 0 spiro atoms. The molecule has 0 aliphatic carbocycles. The van der Waals surface area contributed by atoms with Crippen LogP contribution in [0, 0.1) is 5.82 Å². The van der Waals surface area contributed by atoms with Crippen LogP contribution in [-0.2, 0) is 6.18 Å². The second-order valence-electron chi connectivity index (χ2n) is 4.05. The molecule has 0 unspecified atom stereocenters. The first kappa shape index (κ1) is 14.8. The van der Waals surface area contributed by atoms with Gasteiger partial charge >= 0.3 is 12.1 Å². The van der Waals surface area contributed by atoms with Crippen LogP contribution in [0.4, 0.5) is 17.6 Å². The van der Waals surface area contributed by atoms with Crippen molar-refractivity contribution in [2.45, 2.75) is 6.18 Å². The van der Waals surface area contributed by atoms with E-state index in [1.54, 1.807) is 0 Å². The number of rotatable bonds is 3. The van der Waals surface area contributed by atoms with Gasteiger partial charge in [-0.2, -0.15) is 13.2 Å². The zero-order chi connectivity index (χ0) is 15.6. The van der Waals surface area contributed by atoms with Crippen LogP contribution in [0.25, 0.3) is 0 Å². The lowest BCUT2D eigenvalue weighted by Gasteiger charge is -2.11. The fourth-order valence-corrected chi connectivity index (χ4v) is 1.66. The molecule has 7 heteroatoms. The average Bonchev–Trinajstić information content (AvgIpc) is 2.37. The van der Waals surface area contributed by atoms with Crippen molar-refractivity contribution in [1.82, 2.24) is 0 Å². The lowest BCUT2D eigenvalue weighted by molar-refractivity contribution is -0.137. The molecule has 21 heavy (non-hydrogen) atoms. The normalized spacial score (nSPS) is 11.2. The zero-order valence-electron chi connectivity index (χ0n) is 10.3. The first-order valence-electron chi connectivity index (χ1n) is 5.66. The van der Waals surface area contributed by atoms with Crippen LogP contribution < -0.4 is 4.74 Å². The number of carboxylic acids is 1. The van der Waals surface area contributed by atoms with Gasteiger partial charge in [-0.05, 0) is 30.3 Å². The lowest BCUT2D eigenvalue weighted by Crippen LogP contribution is -2.06. The SMILES string of the molecule is O=C(O)c1c(F)cccc1Oc1cccc(C(F)(F)F)c1. The van der Waals surface area contributed by atoms with Crippen molar-refractivity contribution in [3.05, 3.63) is 59.4 Å². The molecule has 0 atom stereocenters. The monoisotopic (exact) mass is 300 g/mol. The summed E-state index contributed by atoms with van der Waals surface area (Å²) in [6.45, 7) is 0. The van der Waals surface area contributed by atoms with E-state index in [0.29, 0.717) is 6.07 Å². The van der Waals surface area contributed by atoms with E-state index in [9.17, 15) is 22.4 Å². The molecule has 0 saturated heterocycles. The summed E-state index contributed by atoms with van der Waals surface area (Å²) < 4.78 is 56.2. The van der Waals surface area contributed by atoms with Gasteiger partial charge in [-0.25, -0.2) is 9.18 Å². The molecular formula is C14H8F4O3. The molecule has 0 aliphatic heterocycles. The molecule has 0 bridgehead atoms. The zero-order valence-corrected chi connectivity index (χ0v) is 10.3. The summed E-state index contributed by atoms with van der Waals surface area (Å²) in [6, 6.07) is 7.15. The number of aromatic carboxylic acids is 1.